The van der Waals surface area contributed by atoms with Gasteiger partial charge in [0.15, 0.2) is 0 Å². The van der Waals surface area contributed by atoms with Crippen LogP contribution >= 0.6 is 23.2 Å². The zero-order chi connectivity index (χ0) is 14.0. The van der Waals surface area contributed by atoms with E-state index in [0.29, 0.717) is 10.9 Å². The van der Waals surface area contributed by atoms with Gasteiger partial charge in [0, 0.05) is 11.1 Å². The molecular formula is C13H17Cl2NO2S. The summed E-state index contributed by atoms with van der Waals surface area (Å²) in [5.41, 5.74) is 0. The second kappa shape index (κ2) is 6.00. The van der Waals surface area contributed by atoms with Gasteiger partial charge >= 0.3 is 0 Å². The van der Waals surface area contributed by atoms with Crippen LogP contribution in [0.5, 0.6) is 0 Å². The van der Waals surface area contributed by atoms with Crippen molar-refractivity contribution in [3.8, 4) is 0 Å². The molecule has 0 unspecified atom stereocenters. The molecule has 2 rings (SSSR count). The molecule has 2 atom stereocenters. The van der Waals surface area contributed by atoms with E-state index < -0.39 is 10.0 Å². The van der Waals surface area contributed by atoms with E-state index in [0.717, 1.165) is 25.7 Å². The number of benzene rings is 1. The lowest BCUT2D eigenvalue weighted by molar-refractivity contribution is 0.310. The fourth-order valence-corrected chi connectivity index (χ4v) is 4.58. The number of sulfonamides is 1. The first kappa shape index (κ1) is 15.1. The summed E-state index contributed by atoms with van der Waals surface area (Å²) in [7, 11) is -3.61. The zero-order valence-electron chi connectivity index (χ0n) is 10.7. The molecule has 0 heterocycles. The van der Waals surface area contributed by atoms with Crippen molar-refractivity contribution in [1.82, 2.24) is 4.72 Å². The van der Waals surface area contributed by atoms with Gasteiger partial charge in [-0.05, 0) is 37.0 Å². The third kappa shape index (κ3) is 3.63. The Hall–Kier alpha value is -0.290. The van der Waals surface area contributed by atoms with Crippen LogP contribution in [0.1, 0.15) is 32.6 Å². The van der Waals surface area contributed by atoms with Crippen LogP contribution in [0.4, 0.5) is 0 Å². The fraction of sp³-hybridized carbons (Fsp3) is 0.538. The maximum absolute atomic E-state index is 12.4. The topological polar surface area (TPSA) is 46.2 Å². The quantitative estimate of drug-likeness (QED) is 0.919. The van der Waals surface area contributed by atoms with Gasteiger partial charge in [0.25, 0.3) is 0 Å². The molecule has 0 saturated heterocycles. The first-order valence-corrected chi connectivity index (χ1v) is 8.61. The minimum atomic E-state index is -3.61. The van der Waals surface area contributed by atoms with Gasteiger partial charge in [0.1, 0.15) is 4.90 Å². The van der Waals surface area contributed by atoms with E-state index in [1.54, 1.807) is 6.07 Å². The second-order valence-electron chi connectivity index (χ2n) is 5.06. The average Bonchev–Trinajstić information content (AvgIpc) is 2.35. The van der Waals surface area contributed by atoms with Gasteiger partial charge in [-0.15, -0.1) is 0 Å². The Labute approximate surface area is 124 Å². The van der Waals surface area contributed by atoms with Gasteiger partial charge in [-0.2, -0.15) is 0 Å². The molecule has 0 amide bonds. The van der Waals surface area contributed by atoms with E-state index >= 15 is 0 Å². The molecule has 0 bridgehead atoms. The lowest BCUT2D eigenvalue weighted by Crippen LogP contribution is -2.41. The van der Waals surface area contributed by atoms with Crippen LogP contribution in [0.3, 0.4) is 0 Å². The van der Waals surface area contributed by atoms with E-state index in [-0.39, 0.29) is 16.0 Å². The van der Waals surface area contributed by atoms with Crippen molar-refractivity contribution in [3.63, 3.8) is 0 Å². The van der Waals surface area contributed by atoms with E-state index in [1.807, 2.05) is 0 Å². The molecule has 1 aromatic carbocycles. The lowest BCUT2D eigenvalue weighted by atomic mass is 9.87. The van der Waals surface area contributed by atoms with E-state index in [2.05, 4.69) is 11.6 Å². The Morgan fingerprint density at radius 2 is 1.89 bits per heavy atom. The predicted molar refractivity (Wildman–Crippen MR) is 78.2 cm³/mol. The molecule has 1 aliphatic carbocycles. The van der Waals surface area contributed by atoms with Crippen molar-refractivity contribution >= 4 is 33.2 Å². The Bertz CT molecular complexity index is 560. The highest BCUT2D eigenvalue weighted by atomic mass is 35.5. The summed E-state index contributed by atoms with van der Waals surface area (Å²) in [6.07, 6.45) is 4.15. The molecule has 1 aliphatic rings. The minimum Gasteiger partial charge on any atom is -0.208 e. The summed E-state index contributed by atoms with van der Waals surface area (Å²) in [5, 5.41) is 0.557. The van der Waals surface area contributed by atoms with Crippen LogP contribution < -0.4 is 4.72 Å². The third-order valence-corrected chi connectivity index (χ3v) is 5.81. The molecule has 1 fully saturated rings. The van der Waals surface area contributed by atoms with Crippen molar-refractivity contribution < 1.29 is 8.42 Å². The number of hydrogen-bond donors (Lipinski definition) is 1. The van der Waals surface area contributed by atoms with Crippen LogP contribution in [-0.4, -0.2) is 14.5 Å². The van der Waals surface area contributed by atoms with Gasteiger partial charge < -0.3 is 0 Å². The van der Waals surface area contributed by atoms with Crippen LogP contribution in [0, 0.1) is 5.92 Å². The van der Waals surface area contributed by atoms with Crippen molar-refractivity contribution in [1.29, 1.82) is 0 Å². The van der Waals surface area contributed by atoms with Crippen molar-refractivity contribution in [2.45, 2.75) is 43.5 Å². The van der Waals surface area contributed by atoms with Crippen LogP contribution in [0.25, 0.3) is 0 Å². The van der Waals surface area contributed by atoms with Gasteiger partial charge in [-0.25, -0.2) is 13.1 Å². The van der Waals surface area contributed by atoms with Crippen molar-refractivity contribution in [3.05, 3.63) is 28.2 Å². The smallest absolute Gasteiger partial charge is 0.208 e. The third-order valence-electron chi connectivity index (χ3n) is 3.60. The fourth-order valence-electron chi connectivity index (χ4n) is 2.44. The normalized spacial score (nSPS) is 24.4. The maximum Gasteiger partial charge on any atom is 0.242 e. The molecule has 3 nitrogen and oxygen atoms in total. The van der Waals surface area contributed by atoms with Gasteiger partial charge in [-0.1, -0.05) is 43.0 Å². The van der Waals surface area contributed by atoms with E-state index in [4.69, 9.17) is 23.2 Å². The highest BCUT2D eigenvalue weighted by molar-refractivity contribution is 7.89. The highest BCUT2D eigenvalue weighted by Gasteiger charge is 2.28. The Morgan fingerprint density at radius 3 is 2.58 bits per heavy atom. The van der Waals surface area contributed by atoms with Crippen LogP contribution in [0.2, 0.25) is 10.0 Å². The summed E-state index contributed by atoms with van der Waals surface area (Å²) in [4.78, 5) is 0.0550. The standard InChI is InChI=1S/C13H17Cl2NO2S/c1-9-4-2-3-5-12(9)16-19(17,18)13-8-10(14)6-7-11(13)15/h6-9,12,16H,2-5H2,1H3/t9-,12+/m1/s1. The SMILES string of the molecule is C[C@@H]1CCCC[C@@H]1NS(=O)(=O)c1cc(Cl)ccc1Cl. The van der Waals surface area contributed by atoms with Crippen molar-refractivity contribution in [2.24, 2.45) is 5.92 Å². The number of halogens is 2. The monoisotopic (exact) mass is 321 g/mol. The molecule has 106 valence electrons. The summed E-state index contributed by atoms with van der Waals surface area (Å²) in [6, 6.07) is 4.45. The first-order chi connectivity index (χ1) is 8.90. The molecule has 6 heteroatoms. The summed E-state index contributed by atoms with van der Waals surface area (Å²) in [5.74, 6) is 0.349. The molecule has 0 spiro atoms. The van der Waals surface area contributed by atoms with Crippen LogP contribution in [-0.2, 0) is 10.0 Å². The molecule has 0 aliphatic heterocycles. The summed E-state index contributed by atoms with van der Waals surface area (Å²) < 4.78 is 27.5. The van der Waals surface area contributed by atoms with Crippen LogP contribution in [0.15, 0.2) is 23.1 Å². The zero-order valence-corrected chi connectivity index (χ0v) is 13.0. The second-order valence-corrected chi connectivity index (χ2v) is 7.59. The van der Waals surface area contributed by atoms with Gasteiger partial charge in [0.2, 0.25) is 10.0 Å². The molecule has 0 aromatic heterocycles. The maximum atomic E-state index is 12.4. The average molecular weight is 322 g/mol. The van der Waals surface area contributed by atoms with Crippen molar-refractivity contribution in [2.75, 3.05) is 0 Å². The highest BCUT2D eigenvalue weighted by Crippen LogP contribution is 2.28. The largest absolute Gasteiger partial charge is 0.242 e. The molecule has 1 aromatic rings. The molecule has 0 radical (unpaired) electrons. The molecule has 1 saturated carbocycles. The Morgan fingerprint density at radius 1 is 1.21 bits per heavy atom. The summed E-state index contributed by atoms with van der Waals surface area (Å²) >= 11 is 11.8. The molecule has 19 heavy (non-hydrogen) atoms. The van der Waals surface area contributed by atoms with Gasteiger partial charge in [-0.3, -0.25) is 0 Å². The lowest BCUT2D eigenvalue weighted by Gasteiger charge is -2.29. The number of nitrogens with one attached hydrogen (secondary N) is 1. The Kier molecular flexibility index (Phi) is 4.77. The van der Waals surface area contributed by atoms with Gasteiger partial charge in [0.05, 0.1) is 5.02 Å². The molecular weight excluding hydrogens is 305 g/mol. The minimum absolute atomic E-state index is 0.0196. The van der Waals surface area contributed by atoms with E-state index in [9.17, 15) is 8.42 Å². The molecule has 1 N–H and O–H groups in total. The van der Waals surface area contributed by atoms with E-state index in [1.165, 1.54) is 12.1 Å². The number of hydrogen-bond acceptors (Lipinski definition) is 2. The Balaban J connectivity index is 2.24. The first-order valence-electron chi connectivity index (χ1n) is 6.37. The predicted octanol–water partition coefficient (Wildman–Crippen LogP) is 3.85. The number of rotatable bonds is 3. The summed E-state index contributed by atoms with van der Waals surface area (Å²) in [6.45, 7) is 2.08.